The lowest BCUT2D eigenvalue weighted by molar-refractivity contribution is 0.0591. The van der Waals surface area contributed by atoms with Crippen LogP contribution >= 0.6 is 15.9 Å². The monoisotopic (exact) mass is 399 g/mol. The van der Waals surface area contributed by atoms with Gasteiger partial charge in [0.15, 0.2) is 17.3 Å². The number of nitrogen functional groups attached to an aromatic ring is 1. The molecule has 0 saturated carbocycles. The van der Waals surface area contributed by atoms with E-state index >= 15 is 0 Å². The van der Waals surface area contributed by atoms with Crippen LogP contribution in [0.1, 0.15) is 26.4 Å². The van der Waals surface area contributed by atoms with Crippen LogP contribution in [0.3, 0.4) is 0 Å². The van der Waals surface area contributed by atoms with Crippen molar-refractivity contribution in [2.24, 2.45) is 0 Å². The lowest BCUT2D eigenvalue weighted by atomic mass is 10.1. The van der Waals surface area contributed by atoms with Crippen molar-refractivity contribution < 1.29 is 28.2 Å². The van der Waals surface area contributed by atoms with Gasteiger partial charge in [-0.05, 0) is 22.0 Å². The first kappa shape index (κ1) is 17.4. The molecule has 0 aliphatic rings. The lowest BCUT2D eigenvalue weighted by Crippen LogP contribution is -2.14. The van der Waals surface area contributed by atoms with Gasteiger partial charge in [0.2, 0.25) is 0 Å². The molecule has 0 atom stereocenters. The summed E-state index contributed by atoms with van der Waals surface area (Å²) in [6.07, 6.45) is 1.02. The summed E-state index contributed by atoms with van der Waals surface area (Å²) in [5, 5.41) is 17.9. The van der Waals surface area contributed by atoms with Crippen LogP contribution in [-0.4, -0.2) is 28.7 Å². The molecule has 24 heavy (non-hydrogen) atoms. The molecule has 1 aromatic heterocycles. The van der Waals surface area contributed by atoms with Crippen molar-refractivity contribution in [2.75, 3.05) is 12.8 Å². The number of anilines is 1. The number of carboxylic acids is 1. The van der Waals surface area contributed by atoms with E-state index in [-0.39, 0.29) is 15.7 Å². The second-order valence-corrected chi connectivity index (χ2v) is 5.32. The predicted octanol–water partition coefficient (Wildman–Crippen LogP) is 2.46. The summed E-state index contributed by atoms with van der Waals surface area (Å²) in [6, 6.07) is 2.54. The highest BCUT2D eigenvalue weighted by Gasteiger charge is 2.28. The molecular formula is C14H8BrF2N3O4. The lowest BCUT2D eigenvalue weighted by Gasteiger charge is -2.13. The number of carbonyl (C=O) groups excluding carboxylic acids is 1. The fraction of sp³-hybridized carbons (Fsp3) is 0.0714. The smallest absolute Gasteiger partial charge is 0.357 e. The zero-order chi connectivity index (χ0) is 18.2. The van der Waals surface area contributed by atoms with Gasteiger partial charge in [0.05, 0.1) is 29.6 Å². The average Bonchev–Trinajstić information content (AvgIpc) is 2.86. The van der Waals surface area contributed by atoms with Crippen LogP contribution < -0.4 is 5.73 Å². The van der Waals surface area contributed by atoms with Gasteiger partial charge in [-0.3, -0.25) is 0 Å². The normalized spacial score (nSPS) is 10.3. The maximum absolute atomic E-state index is 14.4. The number of nitrogens with zero attached hydrogens (tertiary/aromatic N) is 2. The SMILES string of the molecule is COC(=O)c1c(N)c(C#N)cn1-c1c(Br)cc(C(=O)O)c(F)c1F. The van der Waals surface area contributed by atoms with E-state index in [0.717, 1.165) is 23.9 Å². The van der Waals surface area contributed by atoms with E-state index in [0.29, 0.717) is 0 Å². The number of ether oxygens (including phenoxy) is 1. The molecular weight excluding hydrogens is 392 g/mol. The Morgan fingerprint density at radius 2 is 2.04 bits per heavy atom. The second kappa shape index (κ2) is 6.29. The minimum absolute atomic E-state index is 0.163. The topological polar surface area (TPSA) is 118 Å². The molecule has 0 aliphatic carbocycles. The molecule has 2 aromatic rings. The summed E-state index contributed by atoms with van der Waals surface area (Å²) in [6.45, 7) is 0. The number of nitrogens with two attached hydrogens (primary N) is 1. The van der Waals surface area contributed by atoms with Crippen LogP contribution in [-0.2, 0) is 4.74 Å². The van der Waals surface area contributed by atoms with Crippen molar-refractivity contribution in [1.29, 1.82) is 5.26 Å². The number of nitriles is 1. The Labute approximate surface area is 142 Å². The third-order valence-electron chi connectivity index (χ3n) is 3.15. The molecule has 124 valence electrons. The number of esters is 1. The summed E-state index contributed by atoms with van der Waals surface area (Å²) >= 11 is 2.93. The van der Waals surface area contributed by atoms with Crippen molar-refractivity contribution in [3.8, 4) is 11.8 Å². The van der Waals surface area contributed by atoms with Crippen LogP contribution in [0.5, 0.6) is 0 Å². The highest BCUT2D eigenvalue weighted by molar-refractivity contribution is 9.10. The van der Waals surface area contributed by atoms with E-state index in [2.05, 4.69) is 20.7 Å². The molecule has 0 fully saturated rings. The summed E-state index contributed by atoms with van der Waals surface area (Å²) < 4.78 is 33.6. The van der Waals surface area contributed by atoms with Crippen molar-refractivity contribution in [2.45, 2.75) is 0 Å². The number of carboxylic acid groups (broad SMARTS) is 1. The summed E-state index contributed by atoms with van der Waals surface area (Å²) in [4.78, 5) is 22.8. The fourth-order valence-electron chi connectivity index (χ4n) is 2.05. The maximum atomic E-state index is 14.4. The van der Waals surface area contributed by atoms with E-state index in [4.69, 9.17) is 16.1 Å². The minimum Gasteiger partial charge on any atom is -0.478 e. The number of halogens is 3. The average molecular weight is 400 g/mol. The highest BCUT2D eigenvalue weighted by Crippen LogP contribution is 2.33. The summed E-state index contributed by atoms with van der Waals surface area (Å²) in [5.74, 6) is -5.81. The number of hydrogen-bond donors (Lipinski definition) is 2. The van der Waals surface area contributed by atoms with E-state index in [1.807, 2.05) is 0 Å². The Morgan fingerprint density at radius 1 is 1.42 bits per heavy atom. The van der Waals surface area contributed by atoms with Crippen molar-refractivity contribution in [3.05, 3.63) is 45.2 Å². The number of aromatic carboxylic acids is 1. The number of benzene rings is 1. The van der Waals surface area contributed by atoms with E-state index < -0.39 is 40.5 Å². The summed E-state index contributed by atoms with van der Waals surface area (Å²) in [5.41, 5.74) is 3.42. The molecule has 0 unspecified atom stereocenters. The first-order valence-corrected chi connectivity index (χ1v) is 6.94. The molecule has 10 heteroatoms. The number of aromatic nitrogens is 1. The Morgan fingerprint density at radius 3 is 2.54 bits per heavy atom. The van der Waals surface area contributed by atoms with Gasteiger partial charge in [-0.15, -0.1) is 0 Å². The Balaban J connectivity index is 2.88. The quantitative estimate of drug-likeness (QED) is 0.604. The van der Waals surface area contributed by atoms with E-state index in [1.54, 1.807) is 6.07 Å². The van der Waals surface area contributed by atoms with Gasteiger partial charge in [0, 0.05) is 10.7 Å². The maximum Gasteiger partial charge on any atom is 0.357 e. The van der Waals surface area contributed by atoms with Crippen molar-refractivity contribution >= 4 is 33.6 Å². The van der Waals surface area contributed by atoms with E-state index in [1.165, 1.54) is 0 Å². The molecule has 7 nitrogen and oxygen atoms in total. The first-order chi connectivity index (χ1) is 11.2. The van der Waals surface area contributed by atoms with E-state index in [9.17, 15) is 18.4 Å². The Kier molecular flexibility index (Phi) is 4.57. The number of methoxy groups -OCH3 is 1. The standard InChI is InChI=1S/C14H8BrF2N3O4/c1-24-14(23)12-10(19)5(3-18)4-20(12)11-7(15)2-6(13(21)22)8(16)9(11)17/h2,4H,19H2,1H3,(H,21,22). The fourth-order valence-corrected chi connectivity index (χ4v) is 2.65. The van der Waals surface area contributed by atoms with Gasteiger partial charge in [-0.2, -0.15) is 5.26 Å². The van der Waals surface area contributed by atoms with Gasteiger partial charge < -0.3 is 20.1 Å². The number of carbonyl (C=O) groups is 2. The van der Waals surface area contributed by atoms with Crippen LogP contribution in [0, 0.1) is 23.0 Å². The Bertz CT molecular complexity index is 918. The van der Waals surface area contributed by atoms with Gasteiger partial charge in [0.1, 0.15) is 6.07 Å². The molecule has 1 heterocycles. The van der Waals surface area contributed by atoms with Crippen LogP contribution in [0.2, 0.25) is 0 Å². The zero-order valence-electron chi connectivity index (χ0n) is 11.9. The van der Waals surface area contributed by atoms with Gasteiger partial charge >= 0.3 is 11.9 Å². The number of hydrogen-bond acceptors (Lipinski definition) is 5. The molecule has 0 radical (unpaired) electrons. The zero-order valence-corrected chi connectivity index (χ0v) is 13.5. The molecule has 0 aliphatic heterocycles. The molecule has 0 spiro atoms. The van der Waals surface area contributed by atoms with Crippen LogP contribution in [0.4, 0.5) is 14.5 Å². The third-order valence-corrected chi connectivity index (χ3v) is 3.75. The Hall–Kier alpha value is -2.93. The van der Waals surface area contributed by atoms with Crippen LogP contribution in [0.15, 0.2) is 16.7 Å². The molecule has 0 saturated heterocycles. The largest absolute Gasteiger partial charge is 0.478 e. The second-order valence-electron chi connectivity index (χ2n) is 4.47. The van der Waals surface area contributed by atoms with Crippen molar-refractivity contribution in [3.63, 3.8) is 0 Å². The summed E-state index contributed by atoms with van der Waals surface area (Å²) in [7, 11) is 1.05. The first-order valence-electron chi connectivity index (χ1n) is 6.14. The molecule has 0 amide bonds. The molecule has 0 bridgehead atoms. The van der Waals surface area contributed by atoms with Gasteiger partial charge in [0.25, 0.3) is 0 Å². The third kappa shape index (κ3) is 2.59. The highest BCUT2D eigenvalue weighted by atomic mass is 79.9. The minimum atomic E-state index is -1.67. The molecule has 2 rings (SSSR count). The van der Waals surface area contributed by atoms with Crippen LogP contribution in [0.25, 0.3) is 5.69 Å². The van der Waals surface area contributed by atoms with Gasteiger partial charge in [-0.1, -0.05) is 0 Å². The predicted molar refractivity (Wildman–Crippen MR) is 80.8 cm³/mol. The van der Waals surface area contributed by atoms with Crippen molar-refractivity contribution in [1.82, 2.24) is 4.57 Å². The van der Waals surface area contributed by atoms with Gasteiger partial charge in [-0.25, -0.2) is 18.4 Å². The molecule has 1 aromatic carbocycles. The number of rotatable bonds is 3. The molecule has 3 N–H and O–H groups in total.